The van der Waals surface area contributed by atoms with Crippen LogP contribution in [0, 0.1) is 23.0 Å². The molecule has 3 aromatic rings. The van der Waals surface area contributed by atoms with Crippen LogP contribution in [-0.4, -0.2) is 11.1 Å². The average molecular weight is 465 g/mol. The summed E-state index contributed by atoms with van der Waals surface area (Å²) in [4.78, 5) is 12.3. The lowest BCUT2D eigenvalue weighted by Gasteiger charge is -2.23. The molecule has 0 spiro atoms. The second-order valence-corrected chi connectivity index (χ2v) is 7.92. The Hall–Kier alpha value is -3.92. The summed E-state index contributed by atoms with van der Waals surface area (Å²) in [7, 11) is 0. The number of nitriles is 1. The molecule has 1 atom stereocenters. The predicted molar refractivity (Wildman–Crippen MR) is 126 cm³/mol. The van der Waals surface area contributed by atoms with Crippen molar-refractivity contribution >= 4 is 11.7 Å². The number of nitrogens with zero attached hydrogens (tertiary/aromatic N) is 1. The molecule has 0 aliphatic rings. The van der Waals surface area contributed by atoms with E-state index in [1.54, 1.807) is 30.3 Å². The van der Waals surface area contributed by atoms with Gasteiger partial charge in [0.1, 0.15) is 12.4 Å². The minimum atomic E-state index is -1.13. The van der Waals surface area contributed by atoms with Crippen molar-refractivity contribution in [2.75, 3.05) is 5.32 Å². The maximum Gasteiger partial charge on any atom is 0.330 e. The van der Waals surface area contributed by atoms with Gasteiger partial charge in [-0.3, -0.25) is 0 Å². The molecule has 7 heteroatoms. The number of aryl methyl sites for hydroxylation is 2. The Labute approximate surface area is 197 Å². The summed E-state index contributed by atoms with van der Waals surface area (Å²) in [5, 5.41) is 22.1. The highest BCUT2D eigenvalue weighted by Crippen LogP contribution is 2.35. The molecule has 0 amide bonds. The second kappa shape index (κ2) is 11.3. The van der Waals surface area contributed by atoms with Gasteiger partial charge in [0.15, 0.2) is 17.7 Å². The molecule has 0 radical (unpaired) electrons. The molecule has 0 heterocycles. The van der Waals surface area contributed by atoms with Gasteiger partial charge in [-0.2, -0.15) is 5.26 Å². The molecular formula is C27H26F2N2O3. The lowest BCUT2D eigenvalue weighted by Crippen LogP contribution is -2.22. The number of aliphatic carboxylic acids is 1. The highest BCUT2D eigenvalue weighted by atomic mass is 19.2. The van der Waals surface area contributed by atoms with Crippen LogP contribution >= 0.6 is 0 Å². The van der Waals surface area contributed by atoms with Crippen molar-refractivity contribution in [2.24, 2.45) is 0 Å². The van der Waals surface area contributed by atoms with Crippen molar-refractivity contribution in [1.29, 1.82) is 5.26 Å². The van der Waals surface area contributed by atoms with Crippen LogP contribution in [0.3, 0.4) is 0 Å². The highest BCUT2D eigenvalue weighted by Gasteiger charge is 2.26. The molecule has 0 aliphatic heterocycles. The van der Waals surface area contributed by atoms with Crippen LogP contribution in [0.15, 0.2) is 54.6 Å². The van der Waals surface area contributed by atoms with E-state index in [1.165, 1.54) is 6.07 Å². The number of halogens is 2. The minimum Gasteiger partial charge on any atom is -0.488 e. The Morgan fingerprint density at radius 1 is 1.06 bits per heavy atom. The number of nitrogens with one attached hydrogen (secondary N) is 1. The number of ether oxygens (including phenoxy) is 1. The monoisotopic (exact) mass is 464 g/mol. The lowest BCUT2D eigenvalue weighted by atomic mass is 9.95. The topological polar surface area (TPSA) is 82.4 Å². The van der Waals surface area contributed by atoms with Crippen molar-refractivity contribution in [3.63, 3.8) is 0 Å². The summed E-state index contributed by atoms with van der Waals surface area (Å²) in [6, 6.07) is 14.7. The number of rotatable bonds is 10. The minimum absolute atomic E-state index is 0.0460. The molecule has 34 heavy (non-hydrogen) atoms. The first-order valence-electron chi connectivity index (χ1n) is 11.1. The van der Waals surface area contributed by atoms with Gasteiger partial charge in [-0.05, 0) is 72.0 Å². The molecular weight excluding hydrogens is 438 g/mol. The number of carboxylic acids is 1. The summed E-state index contributed by atoms with van der Waals surface area (Å²) >= 11 is 0. The van der Waals surface area contributed by atoms with Crippen molar-refractivity contribution in [1.82, 2.24) is 0 Å². The number of anilines is 1. The van der Waals surface area contributed by atoms with Crippen molar-refractivity contribution in [2.45, 2.75) is 45.8 Å². The summed E-state index contributed by atoms with van der Waals surface area (Å²) in [6.07, 6.45) is 2.18. The summed E-state index contributed by atoms with van der Waals surface area (Å²) in [5.41, 5.74) is 3.70. The quantitative estimate of drug-likeness (QED) is 0.375. The normalized spacial score (nSPS) is 11.5. The first kappa shape index (κ1) is 24.7. The molecule has 176 valence electrons. The number of carbonyl (C=O) groups is 1. The molecule has 3 rings (SSSR count). The van der Waals surface area contributed by atoms with E-state index in [2.05, 4.69) is 5.32 Å². The maximum absolute atomic E-state index is 13.7. The molecule has 0 saturated carbocycles. The SMILES string of the molecule is CCCc1cc(CC)cc([C@@H](Nc2ccc(C#N)cc2)C(=O)O)c1OCc1ccc(F)c(F)c1. The molecule has 0 bridgehead atoms. The average Bonchev–Trinajstić information content (AvgIpc) is 2.83. The maximum atomic E-state index is 13.7. The standard InChI is InChI=1S/C27H26F2N2O3/c1-3-5-20-12-17(4-2)13-22(26(20)34-16-19-8-11-23(28)24(29)14-19)25(27(32)33)31-21-9-6-18(15-30)7-10-21/h6-14,25,31H,3-5,16H2,1-2H3,(H,32,33)/t25-/m1/s1. The number of hydrogen-bond acceptors (Lipinski definition) is 4. The summed E-state index contributed by atoms with van der Waals surface area (Å²) < 4.78 is 33.1. The Bertz CT molecular complexity index is 1200. The Morgan fingerprint density at radius 3 is 2.38 bits per heavy atom. The van der Waals surface area contributed by atoms with Crippen LogP contribution < -0.4 is 10.1 Å². The Morgan fingerprint density at radius 2 is 1.79 bits per heavy atom. The number of benzene rings is 3. The molecule has 5 nitrogen and oxygen atoms in total. The van der Waals surface area contributed by atoms with E-state index in [4.69, 9.17) is 10.00 Å². The third kappa shape index (κ3) is 5.90. The van der Waals surface area contributed by atoms with Crippen LogP contribution in [-0.2, 0) is 24.2 Å². The first-order valence-corrected chi connectivity index (χ1v) is 11.1. The molecule has 0 aliphatic carbocycles. The van der Waals surface area contributed by atoms with Gasteiger partial charge in [-0.15, -0.1) is 0 Å². The van der Waals surface area contributed by atoms with Gasteiger partial charge in [0.25, 0.3) is 0 Å². The molecule has 0 saturated heterocycles. The van der Waals surface area contributed by atoms with Crippen LogP contribution in [0.4, 0.5) is 14.5 Å². The second-order valence-electron chi connectivity index (χ2n) is 7.92. The zero-order chi connectivity index (χ0) is 24.7. The van der Waals surface area contributed by atoms with Gasteiger partial charge >= 0.3 is 5.97 Å². The van der Waals surface area contributed by atoms with E-state index >= 15 is 0 Å². The number of carboxylic acid groups (broad SMARTS) is 1. The van der Waals surface area contributed by atoms with Gasteiger partial charge in [-0.25, -0.2) is 13.6 Å². The van der Waals surface area contributed by atoms with E-state index in [-0.39, 0.29) is 6.61 Å². The van der Waals surface area contributed by atoms with Crippen LogP contribution in [0.25, 0.3) is 0 Å². The Balaban J connectivity index is 2.03. The number of hydrogen-bond donors (Lipinski definition) is 2. The highest BCUT2D eigenvalue weighted by molar-refractivity contribution is 5.81. The largest absolute Gasteiger partial charge is 0.488 e. The van der Waals surface area contributed by atoms with Gasteiger partial charge < -0.3 is 15.2 Å². The molecule has 3 aromatic carbocycles. The Kier molecular flexibility index (Phi) is 8.20. The fraction of sp³-hybridized carbons (Fsp3) is 0.259. The van der Waals surface area contributed by atoms with Gasteiger partial charge in [0, 0.05) is 11.3 Å². The lowest BCUT2D eigenvalue weighted by molar-refractivity contribution is -0.138. The molecule has 0 aromatic heterocycles. The van der Waals surface area contributed by atoms with E-state index < -0.39 is 23.6 Å². The van der Waals surface area contributed by atoms with E-state index in [1.807, 2.05) is 26.0 Å². The zero-order valence-electron chi connectivity index (χ0n) is 19.1. The molecule has 2 N–H and O–H groups in total. The fourth-order valence-electron chi connectivity index (χ4n) is 3.70. The smallest absolute Gasteiger partial charge is 0.330 e. The van der Waals surface area contributed by atoms with Gasteiger partial charge in [0.05, 0.1) is 11.6 Å². The van der Waals surface area contributed by atoms with Crippen LogP contribution in [0.1, 0.15) is 54.1 Å². The third-order valence-electron chi connectivity index (χ3n) is 5.43. The zero-order valence-corrected chi connectivity index (χ0v) is 19.1. The van der Waals surface area contributed by atoms with Gasteiger partial charge in [-0.1, -0.05) is 32.4 Å². The van der Waals surface area contributed by atoms with Gasteiger partial charge in [0.2, 0.25) is 0 Å². The van der Waals surface area contributed by atoms with Crippen molar-refractivity contribution in [3.05, 3.63) is 94.0 Å². The van der Waals surface area contributed by atoms with E-state index in [9.17, 15) is 18.7 Å². The van der Waals surface area contributed by atoms with Crippen molar-refractivity contribution < 1.29 is 23.4 Å². The molecule has 0 unspecified atom stereocenters. The third-order valence-corrected chi connectivity index (χ3v) is 5.43. The van der Waals surface area contributed by atoms with E-state index in [0.29, 0.717) is 41.0 Å². The first-order chi connectivity index (χ1) is 16.4. The van der Waals surface area contributed by atoms with Crippen molar-refractivity contribution in [3.8, 4) is 11.8 Å². The summed E-state index contributed by atoms with van der Waals surface area (Å²) in [5.74, 6) is -2.60. The molecule has 0 fully saturated rings. The fourth-order valence-corrected chi connectivity index (χ4v) is 3.70. The van der Waals surface area contributed by atoms with Crippen LogP contribution in [0.5, 0.6) is 5.75 Å². The van der Waals surface area contributed by atoms with Crippen LogP contribution in [0.2, 0.25) is 0 Å². The van der Waals surface area contributed by atoms with E-state index in [0.717, 1.165) is 29.7 Å². The summed E-state index contributed by atoms with van der Waals surface area (Å²) in [6.45, 7) is 3.96. The predicted octanol–water partition coefficient (Wildman–Crippen LogP) is 6.17.